The molecule has 3 aromatic rings. The Balaban J connectivity index is 2.19. The first-order valence-corrected chi connectivity index (χ1v) is 5.44. The van der Waals surface area contributed by atoms with Crippen LogP contribution in [-0.2, 0) is 0 Å². The normalized spacial score (nSPS) is 11.0. The molecule has 0 amide bonds. The van der Waals surface area contributed by atoms with Gasteiger partial charge >= 0.3 is 0 Å². The van der Waals surface area contributed by atoms with Gasteiger partial charge in [-0.2, -0.15) is 0 Å². The minimum atomic E-state index is 0.744. The fourth-order valence-corrected chi connectivity index (χ4v) is 2.36. The van der Waals surface area contributed by atoms with Gasteiger partial charge in [-0.25, -0.2) is 4.98 Å². The third-order valence-electron chi connectivity index (χ3n) is 2.13. The number of fused-ring (bicyclic) bond motifs is 1. The summed E-state index contributed by atoms with van der Waals surface area (Å²) in [6.45, 7) is 1.90. The van der Waals surface area contributed by atoms with Crippen molar-refractivity contribution >= 4 is 21.6 Å². The van der Waals surface area contributed by atoms with Crippen LogP contribution < -0.4 is 0 Å². The number of hydrogen-bond acceptors (Lipinski definition) is 4. The van der Waals surface area contributed by atoms with Crippen molar-refractivity contribution in [3.63, 3.8) is 0 Å². The van der Waals surface area contributed by atoms with Gasteiger partial charge in [-0.05, 0) is 19.1 Å². The number of thiazole rings is 1. The van der Waals surface area contributed by atoms with Crippen LogP contribution in [0, 0.1) is 6.92 Å². The van der Waals surface area contributed by atoms with E-state index in [1.165, 1.54) is 4.70 Å². The van der Waals surface area contributed by atoms with E-state index < -0.39 is 0 Å². The van der Waals surface area contributed by atoms with E-state index in [0.717, 1.165) is 22.0 Å². The van der Waals surface area contributed by atoms with Crippen molar-refractivity contribution < 1.29 is 4.52 Å². The van der Waals surface area contributed by atoms with Crippen LogP contribution in [0.25, 0.3) is 21.0 Å². The lowest BCUT2D eigenvalue weighted by atomic mass is 10.3. The molecule has 2 aromatic heterocycles. The monoisotopic (exact) mass is 216 g/mol. The molecule has 0 fully saturated rings. The molecular weight excluding hydrogens is 208 g/mol. The molecule has 0 atom stereocenters. The SMILES string of the molecule is Cc1cc(-c2nc3ccccc3s2)on1. The Hall–Kier alpha value is -1.68. The Morgan fingerprint density at radius 2 is 2.13 bits per heavy atom. The summed E-state index contributed by atoms with van der Waals surface area (Å²) in [5.74, 6) is 0.744. The van der Waals surface area contributed by atoms with Gasteiger partial charge in [-0.15, -0.1) is 11.3 Å². The number of hydrogen-bond donors (Lipinski definition) is 0. The van der Waals surface area contributed by atoms with Gasteiger partial charge in [0.2, 0.25) is 0 Å². The summed E-state index contributed by atoms with van der Waals surface area (Å²) in [4.78, 5) is 4.48. The minimum Gasteiger partial charge on any atom is -0.353 e. The average molecular weight is 216 g/mol. The predicted octanol–water partition coefficient (Wildman–Crippen LogP) is 3.26. The third-order valence-corrected chi connectivity index (χ3v) is 3.18. The van der Waals surface area contributed by atoms with Gasteiger partial charge in [0.05, 0.1) is 15.9 Å². The Bertz CT molecular complexity index is 579. The second-order valence-corrected chi connectivity index (χ2v) is 4.35. The number of aryl methyl sites for hydroxylation is 1. The van der Waals surface area contributed by atoms with E-state index in [9.17, 15) is 0 Å². The Morgan fingerprint density at radius 3 is 2.87 bits per heavy atom. The summed E-state index contributed by atoms with van der Waals surface area (Å²) in [6, 6.07) is 9.95. The second kappa shape index (κ2) is 3.17. The molecule has 3 rings (SSSR count). The Morgan fingerprint density at radius 1 is 1.27 bits per heavy atom. The lowest BCUT2D eigenvalue weighted by molar-refractivity contribution is 0.427. The van der Waals surface area contributed by atoms with Gasteiger partial charge < -0.3 is 4.52 Å². The molecule has 0 bridgehead atoms. The highest BCUT2D eigenvalue weighted by atomic mass is 32.1. The van der Waals surface area contributed by atoms with Crippen LogP contribution in [0.3, 0.4) is 0 Å². The zero-order valence-electron chi connectivity index (χ0n) is 8.10. The number of para-hydroxylation sites is 1. The maximum Gasteiger partial charge on any atom is 0.195 e. The third kappa shape index (κ3) is 1.43. The highest BCUT2D eigenvalue weighted by Crippen LogP contribution is 2.29. The summed E-state index contributed by atoms with van der Waals surface area (Å²) < 4.78 is 6.35. The highest BCUT2D eigenvalue weighted by molar-refractivity contribution is 7.21. The number of aromatic nitrogens is 2. The van der Waals surface area contributed by atoms with Crippen LogP contribution in [0.5, 0.6) is 0 Å². The van der Waals surface area contributed by atoms with E-state index >= 15 is 0 Å². The number of rotatable bonds is 1. The first kappa shape index (κ1) is 8.61. The molecule has 0 aliphatic carbocycles. The molecule has 0 saturated heterocycles. The van der Waals surface area contributed by atoms with Crippen molar-refractivity contribution in [2.45, 2.75) is 6.92 Å². The summed E-state index contributed by atoms with van der Waals surface area (Å²) in [6.07, 6.45) is 0. The van der Waals surface area contributed by atoms with Gasteiger partial charge in [0.15, 0.2) is 10.8 Å². The number of nitrogens with zero attached hydrogens (tertiary/aromatic N) is 2. The number of benzene rings is 1. The molecule has 0 radical (unpaired) electrons. The van der Waals surface area contributed by atoms with Gasteiger partial charge in [0.25, 0.3) is 0 Å². The van der Waals surface area contributed by atoms with Crippen molar-refractivity contribution in [2.24, 2.45) is 0 Å². The molecule has 0 aliphatic heterocycles. The smallest absolute Gasteiger partial charge is 0.195 e. The maximum atomic E-state index is 5.18. The molecule has 0 saturated carbocycles. The quantitative estimate of drug-likeness (QED) is 0.626. The summed E-state index contributed by atoms with van der Waals surface area (Å²) in [5.41, 5.74) is 1.89. The molecule has 3 nitrogen and oxygen atoms in total. The topological polar surface area (TPSA) is 38.9 Å². The van der Waals surface area contributed by atoms with E-state index in [4.69, 9.17) is 4.52 Å². The van der Waals surface area contributed by atoms with E-state index in [2.05, 4.69) is 16.2 Å². The fourth-order valence-electron chi connectivity index (χ4n) is 1.44. The maximum absolute atomic E-state index is 5.18. The van der Waals surface area contributed by atoms with Crippen LogP contribution >= 0.6 is 11.3 Å². The molecule has 2 heterocycles. The van der Waals surface area contributed by atoms with Gasteiger partial charge in [0, 0.05) is 6.07 Å². The molecule has 74 valence electrons. The molecule has 0 spiro atoms. The van der Waals surface area contributed by atoms with Crippen molar-refractivity contribution in [1.82, 2.24) is 10.1 Å². The summed E-state index contributed by atoms with van der Waals surface area (Å²) in [7, 11) is 0. The molecule has 0 aliphatic rings. The minimum absolute atomic E-state index is 0.744. The van der Waals surface area contributed by atoms with Crippen molar-refractivity contribution in [2.75, 3.05) is 0 Å². The largest absolute Gasteiger partial charge is 0.353 e. The zero-order chi connectivity index (χ0) is 10.3. The lowest BCUT2D eigenvalue weighted by Gasteiger charge is -1.82. The van der Waals surface area contributed by atoms with Crippen LogP contribution in [0.1, 0.15) is 5.69 Å². The molecule has 4 heteroatoms. The summed E-state index contributed by atoms with van der Waals surface area (Å²) >= 11 is 1.62. The van der Waals surface area contributed by atoms with Crippen LogP contribution in [0.4, 0.5) is 0 Å². The zero-order valence-corrected chi connectivity index (χ0v) is 8.91. The molecule has 0 unspecified atom stereocenters. The van der Waals surface area contributed by atoms with E-state index in [-0.39, 0.29) is 0 Å². The Labute approximate surface area is 90.4 Å². The van der Waals surface area contributed by atoms with Crippen molar-refractivity contribution in [1.29, 1.82) is 0 Å². The predicted molar refractivity (Wildman–Crippen MR) is 59.9 cm³/mol. The first-order valence-electron chi connectivity index (χ1n) is 4.62. The van der Waals surface area contributed by atoms with Crippen LogP contribution in [-0.4, -0.2) is 10.1 Å². The summed E-state index contributed by atoms with van der Waals surface area (Å²) in [5, 5.41) is 4.74. The van der Waals surface area contributed by atoms with Gasteiger partial charge in [0.1, 0.15) is 0 Å². The molecule has 15 heavy (non-hydrogen) atoms. The van der Waals surface area contributed by atoms with Gasteiger partial charge in [-0.3, -0.25) is 0 Å². The van der Waals surface area contributed by atoms with Crippen LogP contribution in [0.2, 0.25) is 0 Å². The van der Waals surface area contributed by atoms with Crippen LogP contribution in [0.15, 0.2) is 34.9 Å². The molecule has 0 N–H and O–H groups in total. The Kier molecular flexibility index (Phi) is 1.82. The van der Waals surface area contributed by atoms with Crippen molar-refractivity contribution in [3.05, 3.63) is 36.0 Å². The van der Waals surface area contributed by atoms with E-state index in [1.54, 1.807) is 11.3 Å². The van der Waals surface area contributed by atoms with E-state index in [1.807, 2.05) is 31.2 Å². The highest BCUT2D eigenvalue weighted by Gasteiger charge is 2.09. The lowest BCUT2D eigenvalue weighted by Crippen LogP contribution is -1.69. The van der Waals surface area contributed by atoms with E-state index in [0.29, 0.717) is 0 Å². The van der Waals surface area contributed by atoms with Crippen molar-refractivity contribution in [3.8, 4) is 10.8 Å². The second-order valence-electron chi connectivity index (χ2n) is 3.32. The standard InChI is InChI=1S/C11H8N2OS/c1-7-6-9(14-13-7)11-12-8-4-2-3-5-10(8)15-11/h2-6H,1H3. The molecule has 1 aromatic carbocycles. The first-order chi connectivity index (χ1) is 7.33. The average Bonchev–Trinajstić information content (AvgIpc) is 2.82. The van der Waals surface area contributed by atoms with Gasteiger partial charge in [-0.1, -0.05) is 17.3 Å². The fraction of sp³-hybridized carbons (Fsp3) is 0.0909. The molecular formula is C11H8N2OS.